The molecule has 1 fully saturated rings. The number of hydrogen-bond donors (Lipinski definition) is 1. The van der Waals surface area contributed by atoms with Crippen molar-refractivity contribution in [3.05, 3.63) is 53.3 Å². The number of amides is 1. The minimum atomic E-state index is -3.28. The van der Waals surface area contributed by atoms with Crippen LogP contribution in [0.1, 0.15) is 24.0 Å². The summed E-state index contributed by atoms with van der Waals surface area (Å²) in [5.41, 5.74) is 2.54. The molecule has 1 N–H and O–H groups in total. The van der Waals surface area contributed by atoms with Gasteiger partial charge in [0.2, 0.25) is 15.9 Å². The lowest BCUT2D eigenvalue weighted by molar-refractivity contribution is -0.129. The molecule has 1 unspecified atom stereocenters. The Morgan fingerprint density at radius 1 is 1.27 bits per heavy atom. The van der Waals surface area contributed by atoms with Gasteiger partial charge < -0.3 is 10.1 Å². The van der Waals surface area contributed by atoms with Gasteiger partial charge in [0, 0.05) is 27.2 Å². The summed E-state index contributed by atoms with van der Waals surface area (Å²) in [7, 11) is 1.77. The molecule has 0 saturated heterocycles. The second-order valence-electron chi connectivity index (χ2n) is 8.86. The number of allylic oxidation sites excluding steroid dienone is 2. The Morgan fingerprint density at radius 3 is 2.52 bits per heavy atom. The molecular formula is C23H31N5O4S. The van der Waals surface area contributed by atoms with Gasteiger partial charge >= 0.3 is 0 Å². The molecule has 3 aliphatic rings. The molecule has 0 radical (unpaired) electrons. The third kappa shape index (κ3) is 4.30. The van der Waals surface area contributed by atoms with Gasteiger partial charge in [-0.05, 0) is 37.5 Å². The monoisotopic (exact) mass is 473 g/mol. The van der Waals surface area contributed by atoms with Crippen molar-refractivity contribution in [1.29, 1.82) is 0 Å². The number of aryl methyl sites for hydroxylation is 1. The SMILES string of the molecule is COC1=CC=C(c2ccc(C)cc2)N2C1=NC(C1(C(=O)NCCN(C)S(C)(=O)=O)CC1)N2C. The zero-order valence-corrected chi connectivity index (χ0v) is 20.5. The van der Waals surface area contributed by atoms with Crippen molar-refractivity contribution in [2.45, 2.75) is 25.9 Å². The number of amidine groups is 1. The highest BCUT2D eigenvalue weighted by Gasteiger charge is 2.60. The van der Waals surface area contributed by atoms with Gasteiger partial charge in [-0.3, -0.25) is 9.80 Å². The first kappa shape index (κ1) is 23.5. The van der Waals surface area contributed by atoms with Gasteiger partial charge in [-0.15, -0.1) is 0 Å². The molecule has 1 aliphatic carbocycles. The highest BCUT2D eigenvalue weighted by molar-refractivity contribution is 7.88. The Morgan fingerprint density at radius 2 is 1.94 bits per heavy atom. The van der Waals surface area contributed by atoms with E-state index in [0.717, 1.165) is 30.4 Å². The van der Waals surface area contributed by atoms with Crippen molar-refractivity contribution < 1.29 is 17.9 Å². The molecule has 178 valence electrons. The lowest BCUT2D eigenvalue weighted by atomic mass is 10.0. The van der Waals surface area contributed by atoms with Crippen molar-refractivity contribution in [1.82, 2.24) is 19.6 Å². The van der Waals surface area contributed by atoms with E-state index in [9.17, 15) is 13.2 Å². The summed E-state index contributed by atoms with van der Waals surface area (Å²) >= 11 is 0. The van der Waals surface area contributed by atoms with E-state index in [-0.39, 0.29) is 25.2 Å². The maximum absolute atomic E-state index is 13.2. The number of rotatable bonds is 8. The number of hydrazine groups is 1. The average Bonchev–Trinajstić information content (AvgIpc) is 3.51. The average molecular weight is 474 g/mol. The largest absolute Gasteiger partial charge is 0.493 e. The lowest BCUT2D eigenvalue weighted by Crippen LogP contribution is -2.50. The fraction of sp³-hybridized carbons (Fsp3) is 0.478. The molecular weight excluding hydrogens is 442 g/mol. The first-order valence-electron chi connectivity index (χ1n) is 10.9. The third-order valence-electron chi connectivity index (χ3n) is 6.54. The van der Waals surface area contributed by atoms with Gasteiger partial charge in [0.25, 0.3) is 0 Å². The van der Waals surface area contributed by atoms with Gasteiger partial charge in [0.15, 0.2) is 11.6 Å². The van der Waals surface area contributed by atoms with Crippen LogP contribution in [0, 0.1) is 12.3 Å². The van der Waals surface area contributed by atoms with Crippen molar-refractivity contribution in [3.63, 3.8) is 0 Å². The fourth-order valence-corrected chi connectivity index (χ4v) is 4.68. The number of aliphatic imine (C=N–C) groups is 1. The first-order valence-corrected chi connectivity index (χ1v) is 12.8. The molecule has 1 aromatic rings. The Hall–Kier alpha value is -2.69. The minimum Gasteiger partial charge on any atom is -0.493 e. The summed E-state index contributed by atoms with van der Waals surface area (Å²) in [6.45, 7) is 2.52. The summed E-state index contributed by atoms with van der Waals surface area (Å²) in [5.74, 6) is 1.22. The van der Waals surface area contributed by atoms with Crippen LogP contribution >= 0.6 is 0 Å². The second kappa shape index (κ2) is 8.58. The number of nitrogens with zero attached hydrogens (tertiary/aromatic N) is 4. The molecule has 0 bridgehead atoms. The molecule has 1 saturated carbocycles. The predicted octanol–water partition coefficient (Wildman–Crippen LogP) is 1.55. The highest BCUT2D eigenvalue weighted by Crippen LogP contribution is 2.53. The van der Waals surface area contributed by atoms with Crippen LogP contribution in [0.3, 0.4) is 0 Å². The normalized spacial score (nSPS) is 21.8. The number of likely N-dealkylation sites (N-methyl/N-ethyl adjacent to an activating group) is 1. The van der Waals surface area contributed by atoms with E-state index in [0.29, 0.717) is 11.6 Å². The molecule has 33 heavy (non-hydrogen) atoms. The maximum atomic E-state index is 13.2. The van der Waals surface area contributed by atoms with Crippen LogP contribution < -0.4 is 5.32 Å². The number of carbonyl (C=O) groups excluding carboxylic acids is 1. The van der Waals surface area contributed by atoms with Crippen LogP contribution in [-0.4, -0.2) is 81.2 Å². The van der Waals surface area contributed by atoms with Crippen LogP contribution in [0.25, 0.3) is 5.70 Å². The Kier molecular flexibility index (Phi) is 6.10. The van der Waals surface area contributed by atoms with Crippen LogP contribution in [0.15, 0.2) is 47.2 Å². The summed E-state index contributed by atoms with van der Waals surface area (Å²) in [5, 5.41) is 6.94. The number of carbonyl (C=O) groups is 1. The number of ether oxygens (including phenoxy) is 1. The summed E-state index contributed by atoms with van der Waals surface area (Å²) in [6, 6.07) is 8.28. The van der Waals surface area contributed by atoms with E-state index in [1.54, 1.807) is 7.11 Å². The summed E-state index contributed by atoms with van der Waals surface area (Å²) < 4.78 is 30.0. The van der Waals surface area contributed by atoms with Crippen molar-refractivity contribution >= 4 is 27.5 Å². The lowest BCUT2D eigenvalue weighted by Gasteiger charge is -2.36. The first-order chi connectivity index (χ1) is 15.6. The minimum absolute atomic E-state index is 0.103. The van der Waals surface area contributed by atoms with E-state index in [2.05, 4.69) is 36.5 Å². The van der Waals surface area contributed by atoms with E-state index >= 15 is 0 Å². The highest BCUT2D eigenvalue weighted by atomic mass is 32.2. The third-order valence-corrected chi connectivity index (χ3v) is 7.85. The van der Waals surface area contributed by atoms with Crippen LogP contribution in [-0.2, 0) is 19.6 Å². The molecule has 0 aromatic heterocycles. The molecule has 4 rings (SSSR count). The molecule has 2 aliphatic heterocycles. The van der Waals surface area contributed by atoms with E-state index in [4.69, 9.17) is 9.73 Å². The number of sulfonamides is 1. The molecule has 2 heterocycles. The van der Waals surface area contributed by atoms with E-state index < -0.39 is 15.4 Å². The van der Waals surface area contributed by atoms with Crippen molar-refractivity contribution in [3.8, 4) is 0 Å². The summed E-state index contributed by atoms with van der Waals surface area (Å²) in [6.07, 6.45) is 6.11. The molecule has 1 aromatic carbocycles. The smallest absolute Gasteiger partial charge is 0.229 e. The maximum Gasteiger partial charge on any atom is 0.229 e. The summed E-state index contributed by atoms with van der Waals surface area (Å²) in [4.78, 5) is 18.1. The molecule has 1 amide bonds. The van der Waals surface area contributed by atoms with Gasteiger partial charge in [-0.25, -0.2) is 17.7 Å². The van der Waals surface area contributed by atoms with Gasteiger partial charge in [0.05, 0.1) is 24.5 Å². The zero-order chi connectivity index (χ0) is 24.0. The zero-order valence-electron chi connectivity index (χ0n) is 19.7. The quantitative estimate of drug-likeness (QED) is 0.616. The van der Waals surface area contributed by atoms with Gasteiger partial charge in [-0.1, -0.05) is 29.8 Å². The number of benzene rings is 1. The standard InChI is InChI=1S/C23H31N5O4S/c1-16-6-8-17(9-7-16)18-10-11-19(32-4)20-25-21(27(3)28(18)20)23(12-13-23)22(29)24-14-15-26(2)33(5,30)31/h6-11,21H,12-15H2,1-5H3,(H,24,29). The van der Waals surface area contributed by atoms with E-state index in [1.807, 2.05) is 29.2 Å². The molecule has 1 atom stereocenters. The van der Waals surface area contributed by atoms with Crippen LogP contribution in [0.4, 0.5) is 0 Å². The Bertz CT molecular complexity index is 1140. The fourth-order valence-electron chi connectivity index (χ4n) is 4.25. The van der Waals surface area contributed by atoms with Crippen molar-refractivity contribution in [2.75, 3.05) is 40.6 Å². The Balaban J connectivity index is 1.55. The predicted molar refractivity (Wildman–Crippen MR) is 127 cm³/mol. The van der Waals surface area contributed by atoms with Gasteiger partial charge in [-0.2, -0.15) is 5.01 Å². The Labute approximate surface area is 195 Å². The number of nitrogens with one attached hydrogen (secondary N) is 1. The van der Waals surface area contributed by atoms with Crippen molar-refractivity contribution in [2.24, 2.45) is 10.4 Å². The second-order valence-corrected chi connectivity index (χ2v) is 11.0. The van der Waals surface area contributed by atoms with Gasteiger partial charge in [0.1, 0.15) is 6.17 Å². The van der Waals surface area contributed by atoms with Crippen LogP contribution in [0.2, 0.25) is 0 Å². The number of hydrogen-bond acceptors (Lipinski definition) is 7. The molecule has 9 nitrogen and oxygen atoms in total. The van der Waals surface area contributed by atoms with E-state index in [1.165, 1.54) is 16.9 Å². The topological polar surface area (TPSA) is 94.5 Å². The number of methoxy groups -OCH3 is 1. The molecule has 0 spiro atoms. The van der Waals surface area contributed by atoms with Crippen LogP contribution in [0.5, 0.6) is 0 Å². The molecule has 10 heteroatoms. The number of fused-ring (bicyclic) bond motifs is 1.